The number of hydrogen-bond acceptors (Lipinski definition) is 22. The second-order valence-corrected chi connectivity index (χ2v) is 49.9. The van der Waals surface area contributed by atoms with E-state index in [1.165, 1.54) is 31.3 Å². The number of hydrogen-bond donors (Lipinski definition) is 0. The Labute approximate surface area is 609 Å². The Hall–Kier alpha value is -8.82. The van der Waals surface area contributed by atoms with Crippen molar-refractivity contribution in [2.75, 3.05) is 0 Å². The maximum absolute atomic E-state index is 14.4. The SMILES string of the molecule is C.C.C.C.Cc1ccc(Oc2ccc(-n3c(=O)c4cc5c(=O)n(-c6ccc(C(c7ccc(OCc8ccc([Si]9%10O[Si]%11(C)O[Si]%12(C)O[Si]%13(C)O[Si](C)(O%11)O[Si](C)(O[Si](C)(O%13)O[Si](C)(O%12)O9)O%10)cc8)cc7)c7ccc(-n8c(=O)c9cc%10c(=O)n(C)c(=O)c%10cc9c8=O)cc7)cc6)c(=O)c5cc4c3=O)cc2)cc1. The standard InChI is InChI=1S/C67H58N4O22Si8.4CH4/c1-39-10-26-48(27-11-39)81-49-30-24-46(25-31-49)71-66(78)57-36-55-56(37-58(57)67(71)79)65(77)70(64(55)76)45-22-16-42(17-23-45)59(41-14-20-44(21-15-41)69-62(74)53-34-51-52(35-54(53)63(69)75)61(73)68(2)60(51)72)43-18-28-47(29-19-43)80-38-40-12-32-50(33-13-40)101-91-98(7)85-95(4)82-94(3)83-96(5,87-98)89-100(9,93-101)90-97(6,84-94)88-99(8,86-95)92-101;;;;/h10-37,59H,38H2,1-9H3;4*1H4. The van der Waals surface area contributed by atoms with Gasteiger partial charge in [0.15, 0.2) is 0 Å². The minimum atomic E-state index is -4.25. The molecule has 8 bridgehead atoms. The Morgan fingerprint density at radius 3 is 0.895 bits per heavy atom. The molecule has 1 unspecified atom stereocenters. The predicted octanol–water partition coefficient (Wildman–Crippen LogP) is 9.44. The molecule has 0 aliphatic carbocycles. The van der Waals surface area contributed by atoms with Crippen molar-refractivity contribution < 1.29 is 58.9 Å². The van der Waals surface area contributed by atoms with Crippen molar-refractivity contribution in [1.29, 1.82) is 0 Å². The molecule has 105 heavy (non-hydrogen) atoms. The van der Waals surface area contributed by atoms with Crippen molar-refractivity contribution in [1.82, 2.24) is 18.3 Å². The van der Waals surface area contributed by atoms with Gasteiger partial charge in [0, 0.05) is 64.0 Å². The summed E-state index contributed by atoms with van der Waals surface area (Å²) >= 11 is 0. The zero-order chi connectivity index (χ0) is 70.5. The number of aryl methyl sites for hydroxylation is 1. The van der Waals surface area contributed by atoms with Crippen molar-refractivity contribution in [3.8, 4) is 34.3 Å². The van der Waals surface area contributed by atoms with Crippen LogP contribution in [0.2, 0.25) is 45.8 Å². The van der Waals surface area contributed by atoms with Crippen molar-refractivity contribution in [3.63, 3.8) is 0 Å². The molecule has 26 nitrogen and oxygen atoms in total. The lowest BCUT2D eigenvalue weighted by atomic mass is 9.85. The summed E-state index contributed by atoms with van der Waals surface area (Å²) in [5, 5.41) is 0.458. The number of fused-ring (bicyclic) bond motifs is 4. The predicted molar refractivity (Wildman–Crippen MR) is 411 cm³/mol. The van der Waals surface area contributed by atoms with Crippen LogP contribution in [0.3, 0.4) is 0 Å². The Balaban J connectivity index is 0.00000244. The average molecular weight is 1560 g/mol. The van der Waals surface area contributed by atoms with Crippen molar-refractivity contribution >= 4 is 119 Å². The van der Waals surface area contributed by atoms with Gasteiger partial charge in [-0.3, -0.25) is 42.9 Å². The molecule has 8 aromatic carbocycles. The third-order valence-corrected chi connectivity index (χ3v) is 53.9. The van der Waals surface area contributed by atoms with E-state index in [0.717, 1.165) is 35.0 Å². The maximum atomic E-state index is 14.4. The van der Waals surface area contributed by atoms with Gasteiger partial charge in [0.1, 0.15) is 23.9 Å². The second-order valence-electron chi connectivity index (χ2n) is 26.3. The summed E-state index contributed by atoms with van der Waals surface area (Å²) in [6.07, 6.45) is 0. The third kappa shape index (κ3) is 12.4. The zero-order valence-corrected chi connectivity index (χ0v) is 63.2. The van der Waals surface area contributed by atoms with E-state index in [9.17, 15) is 38.4 Å². The molecule has 18 rings (SSSR count). The van der Waals surface area contributed by atoms with Gasteiger partial charge >= 0.3 is 70.4 Å². The third-order valence-electron chi connectivity index (χ3n) is 18.5. The highest BCUT2D eigenvalue weighted by molar-refractivity contribution is 7.04. The van der Waals surface area contributed by atoms with Crippen LogP contribution in [0.25, 0.3) is 60.2 Å². The molecule has 10 heterocycles. The molecule has 6 fully saturated rings. The molecule has 0 saturated carbocycles. The fourth-order valence-electron chi connectivity index (χ4n) is 14.6. The lowest BCUT2D eigenvalue weighted by Crippen LogP contribution is -2.87. The van der Waals surface area contributed by atoms with Gasteiger partial charge in [-0.25, -0.2) is 13.7 Å². The van der Waals surface area contributed by atoms with Crippen LogP contribution >= 0.6 is 0 Å². The fourth-order valence-corrected chi connectivity index (χ4v) is 59.6. The molecule has 0 spiro atoms. The van der Waals surface area contributed by atoms with Crippen LogP contribution < -0.4 is 59.1 Å². The van der Waals surface area contributed by atoms with Gasteiger partial charge in [-0.05, 0) is 126 Å². The lowest BCUT2D eigenvalue weighted by Gasteiger charge is -2.60. The number of aromatic nitrogens is 4. The maximum Gasteiger partial charge on any atom is 0.515 e. The first-order valence-electron chi connectivity index (χ1n) is 32.0. The molecule has 34 heteroatoms. The number of ether oxygens (including phenoxy) is 2. The van der Waals surface area contributed by atoms with Gasteiger partial charge in [-0.2, -0.15) is 0 Å². The first-order valence-corrected chi connectivity index (χ1v) is 49.3. The van der Waals surface area contributed by atoms with E-state index in [2.05, 4.69) is 0 Å². The topological polar surface area (TPSA) is 285 Å². The van der Waals surface area contributed by atoms with Crippen molar-refractivity contribution in [2.45, 2.75) is 95.0 Å². The largest absolute Gasteiger partial charge is 0.515 e. The summed E-state index contributed by atoms with van der Waals surface area (Å²) in [5.74, 6) is 1.04. The molecule has 4 aromatic heterocycles. The molecule has 12 aromatic rings. The molecule has 0 radical (unpaired) electrons. The summed E-state index contributed by atoms with van der Waals surface area (Å²) in [7, 11) is -29.6. The Morgan fingerprint density at radius 2 is 0.581 bits per heavy atom. The van der Waals surface area contributed by atoms with Gasteiger partial charge in [0.05, 0.1) is 60.2 Å². The van der Waals surface area contributed by atoms with E-state index in [1.54, 1.807) is 119 Å². The fraction of sp³-hybridized carbons (Fsp3) is 0.211. The molecule has 6 saturated heterocycles. The number of rotatable bonds is 12. The summed E-state index contributed by atoms with van der Waals surface area (Å²) in [5.41, 5.74) is -0.454. The zero-order valence-electron chi connectivity index (χ0n) is 55.2. The van der Waals surface area contributed by atoms with E-state index >= 15 is 0 Å². The highest BCUT2D eigenvalue weighted by atomic mass is 28.6. The first-order chi connectivity index (χ1) is 47.9. The monoisotopic (exact) mass is 1560 g/mol. The molecular formula is C71H74N4O22Si8. The Morgan fingerprint density at radius 1 is 0.324 bits per heavy atom. The summed E-state index contributed by atoms with van der Waals surface area (Å²) in [6, 6.07) is 47.5. The molecule has 6 aliphatic heterocycles. The van der Waals surface area contributed by atoms with Crippen molar-refractivity contribution in [2.24, 2.45) is 7.05 Å². The van der Waals surface area contributed by atoms with Crippen LogP contribution in [-0.4, -0.2) is 88.7 Å². The second kappa shape index (κ2) is 25.7. The minimum absolute atomic E-state index is 0. The molecular weight excluding hydrogens is 1490 g/mol. The van der Waals surface area contributed by atoms with Crippen LogP contribution in [0.4, 0.5) is 0 Å². The van der Waals surface area contributed by atoms with Crippen molar-refractivity contribution in [3.05, 3.63) is 281 Å². The van der Waals surface area contributed by atoms with Gasteiger partial charge in [-0.15, -0.1) is 0 Å². The Kier molecular flexibility index (Phi) is 18.2. The molecule has 6 aliphatic rings. The van der Waals surface area contributed by atoms with E-state index in [4.69, 9.17) is 58.9 Å². The molecule has 542 valence electrons. The number of nitrogens with zero attached hydrogens (tertiary/aromatic N) is 4. The summed E-state index contributed by atoms with van der Waals surface area (Å²) in [4.78, 5) is 111. The normalized spacial score (nSPS) is 26.2. The minimum Gasteiger partial charge on any atom is -0.489 e. The summed E-state index contributed by atoms with van der Waals surface area (Å²) < 4.78 is 98.3. The molecule has 0 N–H and O–H groups in total. The molecule has 1 atom stereocenters. The highest BCUT2D eigenvalue weighted by Crippen LogP contribution is 2.48. The van der Waals surface area contributed by atoms with Gasteiger partial charge in [0.25, 0.3) is 44.5 Å². The van der Waals surface area contributed by atoms with E-state index < -0.39 is 121 Å². The molecule has 0 amide bonds. The van der Waals surface area contributed by atoms with Crippen LogP contribution in [0, 0.1) is 6.92 Å². The van der Waals surface area contributed by atoms with E-state index in [0.29, 0.717) is 33.6 Å². The van der Waals surface area contributed by atoms with Crippen LogP contribution in [0.15, 0.2) is 208 Å². The van der Waals surface area contributed by atoms with Crippen LogP contribution in [-0.2, 0) is 63.0 Å². The number of benzene rings is 8. The van der Waals surface area contributed by atoms with Gasteiger partial charge in [0.2, 0.25) is 0 Å². The van der Waals surface area contributed by atoms with Crippen LogP contribution in [0.5, 0.6) is 17.2 Å². The first kappa shape index (κ1) is 74.4. The van der Waals surface area contributed by atoms with Crippen LogP contribution in [0.1, 0.15) is 63.4 Å². The van der Waals surface area contributed by atoms with Gasteiger partial charge in [-0.1, -0.05) is 108 Å². The average Bonchev–Trinajstić information content (AvgIpc) is 1.52. The summed E-state index contributed by atoms with van der Waals surface area (Å²) in [6.45, 7) is 14.0. The van der Waals surface area contributed by atoms with Gasteiger partial charge < -0.3 is 58.9 Å². The lowest BCUT2D eigenvalue weighted by molar-refractivity contribution is -0.0158. The van der Waals surface area contributed by atoms with E-state index in [-0.39, 0.29) is 96.5 Å². The smallest absolute Gasteiger partial charge is 0.489 e. The highest BCUT2D eigenvalue weighted by Gasteiger charge is 2.79. The quantitative estimate of drug-likeness (QED) is 0.0812. The van der Waals surface area contributed by atoms with E-state index in [1.807, 2.05) is 79.7 Å². The Bertz CT molecular complexity index is 5690.